The molecule has 0 N–H and O–H groups in total. The second-order valence-corrected chi connectivity index (χ2v) is 8.13. The van der Waals surface area contributed by atoms with E-state index in [9.17, 15) is 19.2 Å². The highest BCUT2D eigenvalue weighted by Crippen LogP contribution is 2.47. The van der Waals surface area contributed by atoms with E-state index in [-0.39, 0.29) is 37.4 Å². The maximum atomic E-state index is 13.6. The van der Waals surface area contributed by atoms with Crippen molar-refractivity contribution < 1.29 is 28.7 Å². The molecule has 33 heavy (non-hydrogen) atoms. The Morgan fingerprint density at radius 2 is 1.33 bits per heavy atom. The first-order valence-electron chi connectivity index (χ1n) is 10.5. The number of amides is 2. The predicted octanol–water partition coefficient (Wildman–Crippen LogP) is 2.68. The lowest BCUT2D eigenvalue weighted by Crippen LogP contribution is -2.35. The Labute approximate surface area is 194 Å². The number of benzene rings is 1. The molecule has 0 bridgehead atoms. The van der Waals surface area contributed by atoms with Gasteiger partial charge in [-0.1, -0.05) is 36.4 Å². The second kappa shape index (κ2) is 9.41. The van der Waals surface area contributed by atoms with Crippen LogP contribution in [0.4, 0.5) is 0 Å². The van der Waals surface area contributed by atoms with Crippen molar-refractivity contribution in [1.82, 2.24) is 9.80 Å². The molecule has 1 aromatic carbocycles. The molecule has 1 aromatic heterocycles. The quantitative estimate of drug-likeness (QED) is 0.556. The lowest BCUT2D eigenvalue weighted by atomic mass is 10.0. The maximum Gasteiger partial charge on any atom is 0.326 e. The smallest absolute Gasteiger partial charge is 0.326 e. The van der Waals surface area contributed by atoms with E-state index in [1.165, 1.54) is 21.1 Å². The highest BCUT2D eigenvalue weighted by molar-refractivity contribution is 7.11. The van der Waals surface area contributed by atoms with Gasteiger partial charge in [0.05, 0.1) is 40.6 Å². The number of nitrogens with zero attached hydrogens (tertiary/aromatic N) is 2. The van der Waals surface area contributed by atoms with Crippen molar-refractivity contribution >= 4 is 46.5 Å². The highest BCUT2D eigenvalue weighted by Gasteiger charge is 2.50. The van der Waals surface area contributed by atoms with Crippen LogP contribution in [0.25, 0.3) is 11.4 Å². The molecule has 0 saturated heterocycles. The summed E-state index contributed by atoms with van der Waals surface area (Å²) in [7, 11) is 0. The molecule has 0 saturated carbocycles. The van der Waals surface area contributed by atoms with Gasteiger partial charge in [0.2, 0.25) is 0 Å². The van der Waals surface area contributed by atoms with Gasteiger partial charge in [-0.15, -0.1) is 11.3 Å². The van der Waals surface area contributed by atoms with Crippen molar-refractivity contribution in [2.24, 2.45) is 0 Å². The number of ether oxygens (including phenoxy) is 2. The van der Waals surface area contributed by atoms with E-state index >= 15 is 0 Å². The lowest BCUT2D eigenvalue weighted by Gasteiger charge is -2.23. The standard InChI is InChI=1S/C24H22N2O6S/c1-3-31-17(27)13-25-21(15-9-6-5-7-10-15)19-20(24(25)30)22(16-11-8-12-33-16)26(23(19)29)14-18(28)32-4-2/h5-12H,3-4,13-14H2,1-2H3. The average Bonchev–Trinajstić information content (AvgIpc) is 3.48. The summed E-state index contributed by atoms with van der Waals surface area (Å²) in [5.74, 6) is -2.12. The summed E-state index contributed by atoms with van der Waals surface area (Å²) in [4.78, 5) is 55.1. The monoisotopic (exact) mass is 466 g/mol. The number of thiophene rings is 1. The van der Waals surface area contributed by atoms with E-state index in [2.05, 4.69) is 0 Å². The molecule has 170 valence electrons. The Morgan fingerprint density at radius 1 is 0.788 bits per heavy atom. The third-order valence-electron chi connectivity index (χ3n) is 5.17. The molecule has 3 heterocycles. The highest BCUT2D eigenvalue weighted by atomic mass is 32.1. The molecule has 0 aliphatic carbocycles. The number of esters is 2. The zero-order valence-corrected chi connectivity index (χ0v) is 19.0. The molecule has 0 radical (unpaired) electrons. The zero-order chi connectivity index (χ0) is 23.5. The van der Waals surface area contributed by atoms with Gasteiger partial charge in [0, 0.05) is 0 Å². The number of carbonyl (C=O) groups excluding carboxylic acids is 4. The Hall–Kier alpha value is -3.72. The van der Waals surface area contributed by atoms with Crippen molar-refractivity contribution in [3.63, 3.8) is 0 Å². The van der Waals surface area contributed by atoms with Gasteiger partial charge in [0.15, 0.2) is 0 Å². The van der Waals surface area contributed by atoms with Gasteiger partial charge in [-0.25, -0.2) is 0 Å². The van der Waals surface area contributed by atoms with Gasteiger partial charge in [-0.05, 0) is 30.9 Å². The molecule has 0 spiro atoms. The minimum absolute atomic E-state index is 0.170. The van der Waals surface area contributed by atoms with Gasteiger partial charge < -0.3 is 9.47 Å². The summed E-state index contributed by atoms with van der Waals surface area (Å²) < 4.78 is 10.1. The predicted molar refractivity (Wildman–Crippen MR) is 121 cm³/mol. The normalized spacial score (nSPS) is 15.5. The largest absolute Gasteiger partial charge is 0.465 e. The van der Waals surface area contributed by atoms with Crippen LogP contribution >= 0.6 is 11.3 Å². The molecule has 2 aromatic rings. The van der Waals surface area contributed by atoms with E-state index in [0.29, 0.717) is 21.8 Å². The van der Waals surface area contributed by atoms with E-state index < -0.39 is 23.8 Å². The van der Waals surface area contributed by atoms with Crippen LogP contribution in [0.2, 0.25) is 0 Å². The number of hydrogen-bond acceptors (Lipinski definition) is 7. The van der Waals surface area contributed by atoms with Crippen LogP contribution in [-0.4, -0.2) is 59.9 Å². The molecular formula is C24H22N2O6S. The number of rotatable bonds is 8. The van der Waals surface area contributed by atoms with Gasteiger partial charge in [0.1, 0.15) is 13.1 Å². The third kappa shape index (κ3) is 4.07. The summed E-state index contributed by atoms with van der Waals surface area (Å²) in [5.41, 5.74) is 1.63. The van der Waals surface area contributed by atoms with Crippen molar-refractivity contribution in [1.29, 1.82) is 0 Å². The van der Waals surface area contributed by atoms with Crippen LogP contribution < -0.4 is 0 Å². The Kier molecular flexibility index (Phi) is 6.41. The molecule has 8 nitrogen and oxygen atoms in total. The molecule has 2 aliphatic rings. The fourth-order valence-corrected chi connectivity index (χ4v) is 4.72. The van der Waals surface area contributed by atoms with Gasteiger partial charge in [-0.3, -0.25) is 29.0 Å². The summed E-state index contributed by atoms with van der Waals surface area (Å²) in [6.45, 7) is 3.07. The number of carbonyl (C=O) groups is 4. The summed E-state index contributed by atoms with van der Waals surface area (Å²) >= 11 is 1.35. The minimum atomic E-state index is -0.575. The van der Waals surface area contributed by atoms with E-state index in [1.807, 2.05) is 11.4 Å². The fourth-order valence-electron chi connectivity index (χ4n) is 3.94. The Bertz CT molecular complexity index is 1170. The van der Waals surface area contributed by atoms with E-state index in [4.69, 9.17) is 9.47 Å². The zero-order valence-electron chi connectivity index (χ0n) is 18.2. The van der Waals surface area contributed by atoms with Crippen LogP contribution in [0.1, 0.15) is 24.3 Å². The molecule has 0 fully saturated rings. The first-order valence-corrected chi connectivity index (χ1v) is 11.4. The van der Waals surface area contributed by atoms with Crippen molar-refractivity contribution in [3.8, 4) is 0 Å². The summed E-state index contributed by atoms with van der Waals surface area (Å²) in [6, 6.07) is 12.5. The second-order valence-electron chi connectivity index (χ2n) is 7.18. The van der Waals surface area contributed by atoms with E-state index in [1.54, 1.807) is 50.2 Å². The summed E-state index contributed by atoms with van der Waals surface area (Å²) in [6.07, 6.45) is 0. The number of fused-ring (bicyclic) bond motifs is 1. The molecule has 0 unspecified atom stereocenters. The average molecular weight is 467 g/mol. The molecule has 9 heteroatoms. The lowest BCUT2D eigenvalue weighted by molar-refractivity contribution is -0.146. The van der Waals surface area contributed by atoms with Crippen molar-refractivity contribution in [2.45, 2.75) is 13.8 Å². The first-order chi connectivity index (χ1) is 16.0. The number of hydrogen-bond donors (Lipinski definition) is 0. The molecule has 2 aliphatic heterocycles. The van der Waals surface area contributed by atoms with Crippen LogP contribution in [-0.2, 0) is 28.7 Å². The first kappa shape index (κ1) is 22.5. The Balaban J connectivity index is 1.90. The molecule has 0 atom stereocenters. The molecular weight excluding hydrogens is 444 g/mol. The van der Waals surface area contributed by atoms with Gasteiger partial charge >= 0.3 is 11.9 Å². The fraction of sp³-hybridized carbons (Fsp3) is 0.250. The SMILES string of the molecule is CCOC(=O)CN1C(=O)C2=C(c3cccs3)N(CC(=O)OCC)C(=O)C2=C1c1ccccc1. The van der Waals surface area contributed by atoms with Crippen molar-refractivity contribution in [3.05, 3.63) is 69.4 Å². The van der Waals surface area contributed by atoms with Crippen LogP contribution in [0.15, 0.2) is 59.0 Å². The Morgan fingerprint density at radius 3 is 1.85 bits per heavy atom. The van der Waals surface area contributed by atoms with Crippen LogP contribution in [0.5, 0.6) is 0 Å². The van der Waals surface area contributed by atoms with Gasteiger partial charge in [-0.2, -0.15) is 0 Å². The summed E-state index contributed by atoms with van der Waals surface area (Å²) in [5, 5.41) is 1.82. The maximum absolute atomic E-state index is 13.6. The molecule has 2 amide bonds. The molecule has 4 rings (SSSR count). The third-order valence-corrected chi connectivity index (χ3v) is 6.04. The van der Waals surface area contributed by atoms with E-state index in [0.717, 1.165) is 0 Å². The minimum Gasteiger partial charge on any atom is -0.465 e. The van der Waals surface area contributed by atoms with Crippen molar-refractivity contribution in [2.75, 3.05) is 26.3 Å². The topological polar surface area (TPSA) is 93.2 Å². The van der Waals surface area contributed by atoms with Gasteiger partial charge in [0.25, 0.3) is 11.8 Å². The van der Waals surface area contributed by atoms with Crippen LogP contribution in [0.3, 0.4) is 0 Å². The van der Waals surface area contributed by atoms with Crippen LogP contribution in [0, 0.1) is 0 Å².